The van der Waals surface area contributed by atoms with E-state index in [4.69, 9.17) is 16.0 Å². The summed E-state index contributed by atoms with van der Waals surface area (Å²) in [5.74, 6) is 1.63. The molecule has 0 atom stereocenters. The molecule has 0 radical (unpaired) electrons. The summed E-state index contributed by atoms with van der Waals surface area (Å²) in [7, 11) is 0. The molecule has 0 bridgehead atoms. The lowest BCUT2D eigenvalue weighted by atomic mass is 10.1. The molecule has 1 aromatic heterocycles. The van der Waals surface area contributed by atoms with Crippen molar-refractivity contribution >= 4 is 29.0 Å². The van der Waals surface area contributed by atoms with E-state index in [0.29, 0.717) is 16.2 Å². The van der Waals surface area contributed by atoms with Crippen molar-refractivity contribution in [2.75, 3.05) is 6.54 Å². The van der Waals surface area contributed by atoms with E-state index in [0.717, 1.165) is 0 Å². The fourth-order valence-corrected chi connectivity index (χ4v) is 1.64. The second-order valence-electron chi connectivity index (χ2n) is 3.75. The SMILES string of the molecule is O=C=C(CNC(=O)c1ccco1)c1ccc(Cl)cc1. The number of carbonyl (C=O) groups excluding carboxylic acids is 2. The van der Waals surface area contributed by atoms with Crippen molar-refractivity contribution in [3.8, 4) is 0 Å². The monoisotopic (exact) mass is 275 g/mol. The van der Waals surface area contributed by atoms with Crippen molar-refractivity contribution < 1.29 is 14.0 Å². The third kappa shape index (κ3) is 3.35. The van der Waals surface area contributed by atoms with Crippen LogP contribution in [-0.2, 0) is 4.79 Å². The number of amides is 1. The van der Waals surface area contributed by atoms with Gasteiger partial charge in [-0.3, -0.25) is 4.79 Å². The van der Waals surface area contributed by atoms with Crippen molar-refractivity contribution in [1.29, 1.82) is 0 Å². The minimum Gasteiger partial charge on any atom is -0.459 e. The molecular formula is C14H10ClNO3. The van der Waals surface area contributed by atoms with Crippen LogP contribution in [0.5, 0.6) is 0 Å². The molecule has 1 aromatic carbocycles. The fraction of sp³-hybridized carbons (Fsp3) is 0.0714. The van der Waals surface area contributed by atoms with Gasteiger partial charge < -0.3 is 9.73 Å². The van der Waals surface area contributed by atoms with Gasteiger partial charge in [0, 0.05) is 5.02 Å². The van der Waals surface area contributed by atoms with Gasteiger partial charge in [0.15, 0.2) is 5.76 Å². The Morgan fingerprint density at radius 1 is 1.26 bits per heavy atom. The number of carbonyl (C=O) groups is 1. The summed E-state index contributed by atoms with van der Waals surface area (Å²) in [6.45, 7) is 0.0741. The van der Waals surface area contributed by atoms with Gasteiger partial charge in [-0.15, -0.1) is 0 Å². The first-order valence-corrected chi connectivity index (χ1v) is 5.90. The average molecular weight is 276 g/mol. The second kappa shape index (κ2) is 6.05. The predicted molar refractivity (Wildman–Crippen MR) is 71.6 cm³/mol. The maximum absolute atomic E-state index is 11.6. The van der Waals surface area contributed by atoms with Crippen LogP contribution in [0.25, 0.3) is 5.57 Å². The lowest BCUT2D eigenvalue weighted by molar-refractivity contribution is 0.0931. The highest BCUT2D eigenvalue weighted by molar-refractivity contribution is 6.30. The number of hydrogen-bond donors (Lipinski definition) is 1. The Kier molecular flexibility index (Phi) is 4.18. The van der Waals surface area contributed by atoms with Gasteiger partial charge in [-0.2, -0.15) is 0 Å². The Hall–Kier alpha value is -2.29. The number of hydrogen-bond acceptors (Lipinski definition) is 3. The van der Waals surface area contributed by atoms with E-state index in [1.807, 2.05) is 5.94 Å². The van der Waals surface area contributed by atoms with Gasteiger partial charge in [0.05, 0.1) is 18.4 Å². The summed E-state index contributed by atoms with van der Waals surface area (Å²) in [5, 5.41) is 3.16. The second-order valence-corrected chi connectivity index (χ2v) is 4.18. The zero-order chi connectivity index (χ0) is 13.7. The fourth-order valence-electron chi connectivity index (χ4n) is 1.51. The van der Waals surface area contributed by atoms with Gasteiger partial charge in [-0.1, -0.05) is 23.7 Å². The number of halogens is 1. The normalized spacial score (nSPS) is 9.74. The van der Waals surface area contributed by atoms with Crippen LogP contribution >= 0.6 is 11.6 Å². The minimum atomic E-state index is -0.383. The van der Waals surface area contributed by atoms with Crippen LogP contribution in [0.15, 0.2) is 47.1 Å². The summed E-state index contributed by atoms with van der Waals surface area (Å²) in [6.07, 6.45) is 1.41. The zero-order valence-electron chi connectivity index (χ0n) is 9.85. The number of benzene rings is 1. The van der Waals surface area contributed by atoms with Crippen LogP contribution in [0.1, 0.15) is 16.1 Å². The summed E-state index contributed by atoms with van der Waals surface area (Å²) < 4.78 is 4.95. The molecule has 5 heteroatoms. The van der Waals surface area contributed by atoms with Crippen LogP contribution in [0, 0.1) is 0 Å². The molecule has 4 nitrogen and oxygen atoms in total. The van der Waals surface area contributed by atoms with Crippen LogP contribution in [0.4, 0.5) is 0 Å². The highest BCUT2D eigenvalue weighted by Crippen LogP contribution is 2.15. The Bertz CT molecular complexity index is 611. The molecule has 1 amide bonds. The van der Waals surface area contributed by atoms with Gasteiger partial charge >= 0.3 is 0 Å². The van der Waals surface area contributed by atoms with Gasteiger partial charge in [-0.25, -0.2) is 4.79 Å². The molecule has 96 valence electrons. The highest BCUT2D eigenvalue weighted by Gasteiger charge is 2.10. The minimum absolute atomic E-state index is 0.0741. The van der Waals surface area contributed by atoms with E-state index >= 15 is 0 Å². The van der Waals surface area contributed by atoms with Crippen molar-refractivity contribution in [3.05, 3.63) is 59.0 Å². The molecule has 2 aromatic rings. The Labute approximate surface area is 114 Å². The molecule has 0 unspecified atom stereocenters. The number of nitrogens with one attached hydrogen (secondary N) is 1. The molecule has 1 N–H and O–H groups in total. The Morgan fingerprint density at radius 3 is 2.58 bits per heavy atom. The molecule has 0 aliphatic carbocycles. The van der Waals surface area contributed by atoms with Gasteiger partial charge in [0.2, 0.25) is 0 Å². The third-order valence-electron chi connectivity index (χ3n) is 2.49. The lowest BCUT2D eigenvalue weighted by Crippen LogP contribution is -2.24. The topological polar surface area (TPSA) is 59.3 Å². The standard InChI is InChI=1S/C14H10ClNO3/c15-12-5-3-10(4-6-12)11(9-17)8-16-14(18)13-2-1-7-19-13/h1-7H,8H2,(H,16,18). The van der Waals surface area contributed by atoms with Gasteiger partial charge in [-0.05, 0) is 29.8 Å². The number of rotatable bonds is 4. The van der Waals surface area contributed by atoms with Crippen molar-refractivity contribution in [2.45, 2.75) is 0 Å². The van der Waals surface area contributed by atoms with Crippen molar-refractivity contribution in [2.24, 2.45) is 0 Å². The van der Waals surface area contributed by atoms with E-state index in [-0.39, 0.29) is 18.2 Å². The lowest BCUT2D eigenvalue weighted by Gasteiger charge is -2.05. The summed E-state index contributed by atoms with van der Waals surface area (Å²) >= 11 is 5.76. The molecule has 2 rings (SSSR count). The molecular weight excluding hydrogens is 266 g/mol. The average Bonchev–Trinajstić information content (AvgIpc) is 2.95. The summed E-state index contributed by atoms with van der Waals surface area (Å²) in [4.78, 5) is 22.6. The summed E-state index contributed by atoms with van der Waals surface area (Å²) in [5.41, 5.74) is 1.01. The molecule has 1 heterocycles. The molecule has 0 spiro atoms. The van der Waals surface area contributed by atoms with Gasteiger partial charge in [0.1, 0.15) is 5.94 Å². The predicted octanol–water partition coefficient (Wildman–Crippen LogP) is 2.58. The van der Waals surface area contributed by atoms with E-state index in [1.165, 1.54) is 6.26 Å². The first-order valence-electron chi connectivity index (χ1n) is 5.52. The van der Waals surface area contributed by atoms with Crippen molar-refractivity contribution in [1.82, 2.24) is 5.32 Å². The molecule has 0 fully saturated rings. The third-order valence-corrected chi connectivity index (χ3v) is 2.74. The van der Waals surface area contributed by atoms with E-state index < -0.39 is 0 Å². The molecule has 19 heavy (non-hydrogen) atoms. The quantitative estimate of drug-likeness (QED) is 0.873. The molecule has 0 aliphatic rings. The highest BCUT2D eigenvalue weighted by atomic mass is 35.5. The maximum atomic E-state index is 11.6. The Balaban J connectivity index is 2.03. The van der Waals surface area contributed by atoms with Crippen LogP contribution in [0.2, 0.25) is 5.02 Å². The first-order chi connectivity index (χ1) is 9.20. The summed E-state index contributed by atoms with van der Waals surface area (Å²) in [6, 6.07) is 9.89. The number of furan rings is 1. The zero-order valence-corrected chi connectivity index (χ0v) is 10.6. The maximum Gasteiger partial charge on any atom is 0.287 e. The van der Waals surface area contributed by atoms with Crippen LogP contribution in [-0.4, -0.2) is 18.4 Å². The van der Waals surface area contributed by atoms with Crippen LogP contribution in [0.3, 0.4) is 0 Å². The van der Waals surface area contributed by atoms with Crippen LogP contribution < -0.4 is 5.32 Å². The van der Waals surface area contributed by atoms with Gasteiger partial charge in [0.25, 0.3) is 5.91 Å². The van der Waals surface area contributed by atoms with Crippen molar-refractivity contribution in [3.63, 3.8) is 0 Å². The molecule has 0 saturated carbocycles. The first kappa shape index (κ1) is 13.1. The smallest absolute Gasteiger partial charge is 0.287 e. The van der Waals surface area contributed by atoms with E-state index in [2.05, 4.69) is 5.32 Å². The molecule has 0 aliphatic heterocycles. The van der Waals surface area contributed by atoms with E-state index in [9.17, 15) is 9.59 Å². The van der Waals surface area contributed by atoms with E-state index in [1.54, 1.807) is 36.4 Å². The molecule has 0 saturated heterocycles. The Morgan fingerprint density at radius 2 is 2.00 bits per heavy atom. The largest absolute Gasteiger partial charge is 0.459 e.